The maximum atomic E-state index is 13.6. The van der Waals surface area contributed by atoms with E-state index < -0.39 is 35.4 Å². The van der Waals surface area contributed by atoms with Gasteiger partial charge in [0.2, 0.25) is 29.6 Å². The molecule has 0 atom stereocenters. The molecule has 2 saturated heterocycles. The summed E-state index contributed by atoms with van der Waals surface area (Å²) in [6, 6.07) is 10.2. The first kappa shape index (κ1) is 25.7. The van der Waals surface area contributed by atoms with Crippen LogP contribution in [0.15, 0.2) is 48.7 Å². The van der Waals surface area contributed by atoms with Crippen molar-refractivity contribution in [3.8, 4) is 0 Å². The van der Waals surface area contributed by atoms with Crippen LogP contribution in [0.25, 0.3) is 21.8 Å². The Labute approximate surface area is 225 Å². The lowest BCUT2D eigenvalue weighted by Gasteiger charge is -2.28. The zero-order chi connectivity index (χ0) is 28.2. The van der Waals surface area contributed by atoms with E-state index in [9.17, 15) is 32.3 Å². The molecule has 0 bridgehead atoms. The van der Waals surface area contributed by atoms with Gasteiger partial charge in [-0.1, -0.05) is 18.2 Å². The Bertz CT molecular complexity index is 1700. The predicted octanol–water partition coefficient (Wildman–Crippen LogP) is 4.74. The second-order valence-electron chi connectivity index (χ2n) is 9.79. The molecule has 0 radical (unpaired) electrons. The van der Waals surface area contributed by atoms with Crippen molar-refractivity contribution in [2.75, 3.05) is 9.80 Å². The molecule has 0 spiro atoms. The summed E-state index contributed by atoms with van der Waals surface area (Å²) in [6.45, 7) is -0.0860. The fourth-order valence-corrected chi connectivity index (χ4v) is 5.36. The standard InChI is InChI=1S/C28H22F3N5O4/c29-28(30,31)18-6-2-1-5-16(18)15-34-14-13-17-20(34)12-11-19-25(17)26(35-21(37)7-3-8-22(35)38)33-27(32-19)36-23(39)9-4-10-24(36)40/h1-2,5-6,11-14H,3-4,7-10,15H2. The predicted molar refractivity (Wildman–Crippen MR) is 138 cm³/mol. The molecule has 4 amide bonds. The summed E-state index contributed by atoms with van der Waals surface area (Å²) >= 11 is 0. The highest BCUT2D eigenvalue weighted by molar-refractivity contribution is 6.23. The van der Waals surface area contributed by atoms with Crippen molar-refractivity contribution in [1.82, 2.24) is 14.5 Å². The van der Waals surface area contributed by atoms with Gasteiger partial charge in [0.25, 0.3) is 0 Å². The Morgan fingerprint density at radius 2 is 1.38 bits per heavy atom. The van der Waals surface area contributed by atoms with E-state index in [2.05, 4.69) is 9.97 Å². The second-order valence-corrected chi connectivity index (χ2v) is 9.79. The number of fused-ring (bicyclic) bond motifs is 3. The van der Waals surface area contributed by atoms with Crippen LogP contribution in [0.1, 0.15) is 49.7 Å². The summed E-state index contributed by atoms with van der Waals surface area (Å²) in [5, 5.41) is 0.829. The molecular weight excluding hydrogens is 527 g/mol. The zero-order valence-electron chi connectivity index (χ0n) is 21.1. The molecule has 2 aromatic heterocycles. The number of hydrogen-bond acceptors (Lipinski definition) is 6. The monoisotopic (exact) mass is 549 g/mol. The van der Waals surface area contributed by atoms with E-state index in [1.165, 1.54) is 18.2 Å². The Morgan fingerprint density at radius 1 is 0.750 bits per heavy atom. The average molecular weight is 550 g/mol. The number of alkyl halides is 3. The molecule has 0 saturated carbocycles. The first-order valence-electron chi connectivity index (χ1n) is 12.8. The number of hydrogen-bond donors (Lipinski definition) is 0. The number of nitrogens with zero attached hydrogens (tertiary/aromatic N) is 5. The minimum absolute atomic E-state index is 0.0556. The number of piperidine rings is 2. The summed E-state index contributed by atoms with van der Waals surface area (Å²) in [5.74, 6) is -2.19. The Morgan fingerprint density at radius 3 is 2.02 bits per heavy atom. The molecule has 4 aromatic rings. The van der Waals surface area contributed by atoms with E-state index in [1.807, 2.05) is 0 Å². The Hall–Kier alpha value is -4.61. The van der Waals surface area contributed by atoms with Crippen LogP contribution in [0, 0.1) is 0 Å². The van der Waals surface area contributed by atoms with Crippen molar-refractivity contribution in [2.45, 2.75) is 51.2 Å². The molecule has 2 aliphatic rings. The third-order valence-corrected chi connectivity index (χ3v) is 7.22. The fraction of sp³-hybridized carbons (Fsp3) is 0.286. The number of halogens is 3. The highest BCUT2D eigenvalue weighted by Crippen LogP contribution is 2.37. The van der Waals surface area contributed by atoms with Gasteiger partial charge in [-0.15, -0.1) is 0 Å². The van der Waals surface area contributed by atoms with Gasteiger partial charge >= 0.3 is 6.18 Å². The van der Waals surface area contributed by atoms with Crippen LogP contribution >= 0.6 is 0 Å². The molecule has 2 aromatic carbocycles. The second kappa shape index (κ2) is 9.54. The SMILES string of the molecule is O=C1CCCC(=O)N1c1nc(N2C(=O)CCCC2=O)c2c(ccc3c2ccn3Cc2ccccc2C(F)(F)F)n1. The maximum absolute atomic E-state index is 13.6. The van der Waals surface area contributed by atoms with E-state index >= 15 is 0 Å². The number of imide groups is 2. The summed E-state index contributed by atoms with van der Waals surface area (Å²) in [6.07, 6.45) is -1.63. The molecule has 0 unspecified atom stereocenters. The van der Waals surface area contributed by atoms with Crippen LogP contribution in [0.4, 0.5) is 24.9 Å². The van der Waals surface area contributed by atoms with Crippen molar-refractivity contribution in [1.29, 1.82) is 0 Å². The molecule has 12 heteroatoms. The number of amides is 4. The van der Waals surface area contributed by atoms with E-state index in [0.29, 0.717) is 29.1 Å². The number of carbonyl (C=O) groups is 4. The van der Waals surface area contributed by atoms with Crippen molar-refractivity contribution in [2.24, 2.45) is 0 Å². The smallest absolute Gasteiger partial charge is 0.343 e. The molecule has 2 aliphatic heterocycles. The molecule has 9 nitrogen and oxygen atoms in total. The molecular formula is C28H22F3N5O4. The van der Waals surface area contributed by atoms with E-state index in [4.69, 9.17) is 0 Å². The van der Waals surface area contributed by atoms with E-state index in [-0.39, 0.29) is 55.1 Å². The molecule has 204 valence electrons. The summed E-state index contributed by atoms with van der Waals surface area (Å²) < 4.78 is 42.5. The molecule has 2 fully saturated rings. The van der Waals surface area contributed by atoms with Crippen LogP contribution in [0.2, 0.25) is 0 Å². The topological polar surface area (TPSA) is 105 Å². The maximum Gasteiger partial charge on any atom is 0.416 e. The van der Waals surface area contributed by atoms with Crippen molar-refractivity contribution in [3.05, 3.63) is 59.8 Å². The van der Waals surface area contributed by atoms with Crippen LogP contribution in [-0.4, -0.2) is 38.2 Å². The molecule has 4 heterocycles. The van der Waals surface area contributed by atoms with Gasteiger partial charge in [0.05, 0.1) is 16.5 Å². The first-order chi connectivity index (χ1) is 19.1. The first-order valence-corrected chi connectivity index (χ1v) is 12.8. The van der Waals surface area contributed by atoms with Crippen molar-refractivity contribution < 1.29 is 32.3 Å². The Kier molecular flexibility index (Phi) is 6.12. The third-order valence-electron chi connectivity index (χ3n) is 7.22. The number of carbonyl (C=O) groups excluding carboxylic acids is 4. The molecule has 6 rings (SSSR count). The lowest BCUT2D eigenvalue weighted by Crippen LogP contribution is -2.43. The van der Waals surface area contributed by atoms with E-state index in [1.54, 1.807) is 29.0 Å². The zero-order valence-corrected chi connectivity index (χ0v) is 21.1. The number of rotatable bonds is 4. The lowest BCUT2D eigenvalue weighted by atomic mass is 10.1. The van der Waals surface area contributed by atoms with Crippen molar-refractivity contribution in [3.63, 3.8) is 0 Å². The molecule has 0 aliphatic carbocycles. The number of aromatic nitrogens is 3. The summed E-state index contributed by atoms with van der Waals surface area (Å²) in [5.41, 5.74) is 0.136. The highest BCUT2D eigenvalue weighted by atomic mass is 19.4. The normalized spacial score (nSPS) is 17.0. The van der Waals surface area contributed by atoms with Gasteiger partial charge in [0, 0.05) is 49.3 Å². The van der Waals surface area contributed by atoms with Gasteiger partial charge in [-0.25, -0.2) is 14.8 Å². The lowest BCUT2D eigenvalue weighted by molar-refractivity contribution is -0.138. The number of benzene rings is 2. The summed E-state index contributed by atoms with van der Waals surface area (Å²) in [7, 11) is 0. The van der Waals surface area contributed by atoms with Crippen LogP contribution in [0.3, 0.4) is 0 Å². The Balaban J connectivity index is 1.55. The minimum Gasteiger partial charge on any atom is -0.343 e. The van der Waals surface area contributed by atoms with Gasteiger partial charge in [-0.2, -0.15) is 18.2 Å². The summed E-state index contributed by atoms with van der Waals surface area (Å²) in [4.78, 5) is 62.0. The van der Waals surface area contributed by atoms with Crippen LogP contribution < -0.4 is 9.80 Å². The fourth-order valence-electron chi connectivity index (χ4n) is 5.36. The van der Waals surface area contributed by atoms with Gasteiger partial charge in [-0.3, -0.25) is 19.2 Å². The quantitative estimate of drug-likeness (QED) is 0.341. The highest BCUT2D eigenvalue weighted by Gasteiger charge is 2.35. The molecule has 0 N–H and O–H groups in total. The van der Waals surface area contributed by atoms with Crippen molar-refractivity contribution >= 4 is 57.2 Å². The third kappa shape index (κ3) is 4.29. The largest absolute Gasteiger partial charge is 0.416 e. The number of anilines is 2. The van der Waals surface area contributed by atoms with E-state index in [0.717, 1.165) is 15.9 Å². The minimum atomic E-state index is -4.53. The van der Waals surface area contributed by atoms with Gasteiger partial charge in [-0.05, 0) is 42.7 Å². The van der Waals surface area contributed by atoms with Gasteiger partial charge < -0.3 is 4.57 Å². The van der Waals surface area contributed by atoms with Gasteiger partial charge in [0.1, 0.15) is 0 Å². The average Bonchev–Trinajstić information content (AvgIpc) is 3.31. The van der Waals surface area contributed by atoms with Gasteiger partial charge in [0.15, 0.2) is 5.82 Å². The van der Waals surface area contributed by atoms with Crippen LogP contribution in [-0.2, 0) is 31.9 Å². The molecule has 40 heavy (non-hydrogen) atoms. The van der Waals surface area contributed by atoms with Crippen LogP contribution in [0.5, 0.6) is 0 Å².